The number of hydrogen-bond acceptors (Lipinski definition) is 5. The number of para-hydroxylation sites is 1. The van der Waals surface area contributed by atoms with Crippen molar-refractivity contribution >= 4 is 17.9 Å². The summed E-state index contributed by atoms with van der Waals surface area (Å²) in [5.41, 5.74) is 2.70. The van der Waals surface area contributed by atoms with Gasteiger partial charge in [-0.25, -0.2) is 4.79 Å². The molecule has 1 aliphatic heterocycles. The molecule has 7 heteroatoms. The minimum absolute atomic E-state index is 0.170. The van der Waals surface area contributed by atoms with Crippen LogP contribution >= 0.6 is 0 Å². The fraction of sp³-hybridized carbons (Fsp3) is 0.182. The van der Waals surface area contributed by atoms with E-state index in [0.29, 0.717) is 42.7 Å². The van der Waals surface area contributed by atoms with Crippen molar-refractivity contribution in [3.63, 3.8) is 0 Å². The summed E-state index contributed by atoms with van der Waals surface area (Å²) >= 11 is 0. The molecule has 7 nitrogen and oxygen atoms in total. The van der Waals surface area contributed by atoms with Gasteiger partial charge >= 0.3 is 6.09 Å². The van der Waals surface area contributed by atoms with Crippen molar-refractivity contribution in [3.05, 3.63) is 131 Å². The van der Waals surface area contributed by atoms with E-state index in [4.69, 9.17) is 9.47 Å². The van der Waals surface area contributed by atoms with Gasteiger partial charge in [0, 0.05) is 6.54 Å². The van der Waals surface area contributed by atoms with Crippen LogP contribution in [0.5, 0.6) is 11.5 Å². The van der Waals surface area contributed by atoms with E-state index in [1.54, 1.807) is 24.3 Å². The van der Waals surface area contributed by atoms with Crippen LogP contribution in [0.15, 0.2) is 109 Å². The summed E-state index contributed by atoms with van der Waals surface area (Å²) in [4.78, 5) is 39.4. The van der Waals surface area contributed by atoms with Crippen LogP contribution in [0.3, 0.4) is 0 Å². The van der Waals surface area contributed by atoms with E-state index >= 15 is 0 Å². The molecule has 1 heterocycles. The number of unbranched alkanes of at least 4 members (excludes halogenated alkanes) is 1. The third-order valence-corrected chi connectivity index (χ3v) is 6.77. The zero-order chi connectivity index (χ0) is 27.7. The fourth-order valence-electron chi connectivity index (χ4n) is 4.68. The van der Waals surface area contributed by atoms with Crippen LogP contribution in [0.2, 0.25) is 0 Å². The number of benzene rings is 4. The van der Waals surface area contributed by atoms with Gasteiger partial charge in [0.25, 0.3) is 11.8 Å². The lowest BCUT2D eigenvalue weighted by molar-refractivity contribution is 0.0651. The highest BCUT2D eigenvalue weighted by atomic mass is 16.5. The van der Waals surface area contributed by atoms with Crippen molar-refractivity contribution in [2.75, 3.05) is 6.54 Å². The predicted octanol–water partition coefficient (Wildman–Crippen LogP) is 6.91. The van der Waals surface area contributed by atoms with Crippen LogP contribution in [0, 0.1) is 0 Å². The molecule has 5 rings (SSSR count). The highest BCUT2D eigenvalue weighted by Crippen LogP contribution is 2.27. The van der Waals surface area contributed by atoms with Crippen LogP contribution in [-0.4, -0.2) is 29.4 Å². The average Bonchev–Trinajstić information content (AvgIpc) is 3.24. The summed E-state index contributed by atoms with van der Waals surface area (Å²) in [5, 5.41) is 2.98. The molecule has 4 aromatic carbocycles. The number of rotatable bonds is 11. The van der Waals surface area contributed by atoms with E-state index in [1.807, 2.05) is 84.9 Å². The van der Waals surface area contributed by atoms with Crippen molar-refractivity contribution in [2.45, 2.75) is 31.9 Å². The highest BCUT2D eigenvalue weighted by Gasteiger charge is 2.34. The first-order valence-electron chi connectivity index (χ1n) is 13.3. The second kappa shape index (κ2) is 12.8. The van der Waals surface area contributed by atoms with Crippen LogP contribution < -0.4 is 10.1 Å². The van der Waals surface area contributed by atoms with Gasteiger partial charge in [0.1, 0.15) is 18.1 Å². The molecule has 0 spiro atoms. The van der Waals surface area contributed by atoms with Gasteiger partial charge in [-0.15, -0.1) is 0 Å². The number of fused-ring (bicyclic) bond motifs is 1. The first-order chi connectivity index (χ1) is 19.6. The first kappa shape index (κ1) is 26.7. The number of ether oxygens (including phenoxy) is 2. The summed E-state index contributed by atoms with van der Waals surface area (Å²) in [6.45, 7) is 0.490. The maximum absolute atomic E-state index is 12.7. The quantitative estimate of drug-likeness (QED) is 0.167. The minimum Gasteiger partial charge on any atom is -0.457 e. The van der Waals surface area contributed by atoms with Gasteiger partial charge in [0.15, 0.2) is 0 Å². The molecular formula is C33H30N2O5. The maximum Gasteiger partial charge on any atom is 0.407 e. The number of nitrogens with zero attached hydrogens (tertiary/aromatic N) is 1. The summed E-state index contributed by atoms with van der Waals surface area (Å²) < 4.78 is 11.4. The third kappa shape index (κ3) is 6.56. The molecule has 0 bridgehead atoms. The summed E-state index contributed by atoms with van der Waals surface area (Å²) in [6, 6.07) is 33.2. The van der Waals surface area contributed by atoms with E-state index in [1.165, 1.54) is 4.90 Å². The van der Waals surface area contributed by atoms with Gasteiger partial charge in [-0.2, -0.15) is 0 Å². The predicted molar refractivity (Wildman–Crippen MR) is 151 cm³/mol. The lowest BCUT2D eigenvalue weighted by atomic mass is 10.0. The topological polar surface area (TPSA) is 84.9 Å². The molecular weight excluding hydrogens is 504 g/mol. The average molecular weight is 535 g/mol. The van der Waals surface area contributed by atoms with Gasteiger partial charge < -0.3 is 14.8 Å². The number of carbonyl (C=O) groups is 3. The summed E-state index contributed by atoms with van der Waals surface area (Å²) in [7, 11) is 0. The molecule has 0 saturated carbocycles. The molecule has 0 aliphatic carbocycles. The highest BCUT2D eigenvalue weighted by molar-refractivity contribution is 6.21. The second-order valence-corrected chi connectivity index (χ2v) is 9.55. The number of hydrogen-bond donors (Lipinski definition) is 1. The lowest BCUT2D eigenvalue weighted by Gasteiger charge is -2.20. The Kier molecular flexibility index (Phi) is 8.51. The minimum atomic E-state index is -0.515. The SMILES string of the molecule is O=C(N[C@@H](CCCCN1C(=O)c2ccccc2C1=O)c1ccc(Oc2ccccc2)cc1)OCc1ccccc1. The standard InChI is InChI=1S/C33H30N2O5/c36-31-28-15-7-8-16-29(28)32(37)35(31)22-10-9-17-30(34-33(38)39-23-24-11-3-1-4-12-24)25-18-20-27(21-19-25)40-26-13-5-2-6-14-26/h1-8,11-16,18-21,30H,9-10,17,22-23H2,(H,34,38)/t30-/m0/s1. The van der Waals surface area contributed by atoms with Gasteiger partial charge in [-0.05, 0) is 66.8 Å². The van der Waals surface area contributed by atoms with Crippen molar-refractivity contribution in [2.24, 2.45) is 0 Å². The number of carbonyl (C=O) groups excluding carboxylic acids is 3. The zero-order valence-electron chi connectivity index (χ0n) is 22.0. The normalized spacial score (nSPS) is 13.1. The van der Waals surface area contributed by atoms with Crippen LogP contribution in [0.25, 0.3) is 0 Å². The molecule has 1 atom stereocenters. The van der Waals surface area contributed by atoms with Gasteiger partial charge in [-0.1, -0.05) is 72.8 Å². The summed E-state index contributed by atoms with van der Waals surface area (Å²) in [5.74, 6) is 0.913. The van der Waals surface area contributed by atoms with Crippen molar-refractivity contribution < 1.29 is 23.9 Å². The number of alkyl carbamates (subject to hydrolysis) is 1. The van der Waals surface area contributed by atoms with E-state index in [0.717, 1.165) is 16.9 Å². The monoisotopic (exact) mass is 534 g/mol. The smallest absolute Gasteiger partial charge is 0.407 e. The molecule has 1 aliphatic rings. The Morgan fingerprint density at radius 2 is 1.27 bits per heavy atom. The Bertz CT molecular complexity index is 1420. The van der Waals surface area contributed by atoms with E-state index < -0.39 is 6.09 Å². The van der Waals surface area contributed by atoms with Crippen LogP contribution in [-0.2, 0) is 11.3 Å². The Labute approximate surface area is 233 Å². The lowest BCUT2D eigenvalue weighted by Crippen LogP contribution is -2.31. The molecule has 4 aromatic rings. The van der Waals surface area contributed by atoms with E-state index in [2.05, 4.69) is 5.32 Å². The van der Waals surface area contributed by atoms with Crippen molar-refractivity contribution in [3.8, 4) is 11.5 Å². The molecule has 0 aromatic heterocycles. The zero-order valence-corrected chi connectivity index (χ0v) is 22.0. The van der Waals surface area contributed by atoms with E-state index in [-0.39, 0.29) is 24.5 Å². The third-order valence-electron chi connectivity index (χ3n) is 6.77. The van der Waals surface area contributed by atoms with Crippen molar-refractivity contribution in [1.82, 2.24) is 10.2 Å². The largest absolute Gasteiger partial charge is 0.457 e. The molecule has 0 unspecified atom stereocenters. The second-order valence-electron chi connectivity index (χ2n) is 9.55. The number of amides is 3. The molecule has 0 saturated heterocycles. The van der Waals surface area contributed by atoms with Gasteiger partial charge in [-0.3, -0.25) is 14.5 Å². The number of nitrogens with one attached hydrogen (secondary N) is 1. The molecule has 3 amide bonds. The maximum atomic E-state index is 12.7. The Morgan fingerprint density at radius 3 is 1.93 bits per heavy atom. The molecule has 0 radical (unpaired) electrons. The van der Waals surface area contributed by atoms with E-state index in [9.17, 15) is 14.4 Å². The first-order valence-corrected chi connectivity index (χ1v) is 13.3. The Hall–Kier alpha value is -4.91. The molecule has 202 valence electrons. The fourth-order valence-corrected chi connectivity index (χ4v) is 4.68. The molecule has 0 fully saturated rings. The molecule has 1 N–H and O–H groups in total. The van der Waals surface area contributed by atoms with Gasteiger partial charge in [0.05, 0.1) is 17.2 Å². The molecule has 40 heavy (non-hydrogen) atoms. The van der Waals surface area contributed by atoms with Gasteiger partial charge in [0.2, 0.25) is 0 Å². The summed E-state index contributed by atoms with van der Waals surface area (Å²) in [6.07, 6.45) is 1.37. The Morgan fingerprint density at radius 1 is 0.700 bits per heavy atom. The van der Waals surface area contributed by atoms with Crippen molar-refractivity contribution in [1.29, 1.82) is 0 Å². The Balaban J connectivity index is 1.20. The van der Waals surface area contributed by atoms with Crippen LogP contribution in [0.1, 0.15) is 57.1 Å². The number of imide groups is 1. The van der Waals surface area contributed by atoms with Crippen LogP contribution in [0.4, 0.5) is 4.79 Å².